The number of para-hydroxylation sites is 1. The second kappa shape index (κ2) is 8.38. The lowest BCUT2D eigenvalue weighted by Crippen LogP contribution is -2.47. The Morgan fingerprint density at radius 2 is 1.79 bits per heavy atom. The molecule has 10 heteroatoms. The molecule has 2 N–H and O–H groups in total. The standard InChI is InChI=1S/C19H21FN4O5/c1-11-6-2-5-9-14(11)24-17(27)16(26)23(19(24)29)10-15(25)22-18(28)21-13-8-4-3-7-12(13)20/h3-4,7-8,11,14H,2,5-6,9-10H2,1H3,(H2,21,22,25,28)/t11-,14+/m0/s1. The smallest absolute Gasteiger partial charge is 0.305 e. The fourth-order valence-electron chi connectivity index (χ4n) is 3.66. The summed E-state index contributed by atoms with van der Waals surface area (Å²) in [7, 11) is 0. The van der Waals surface area contributed by atoms with Crippen LogP contribution >= 0.6 is 0 Å². The molecule has 3 rings (SSSR count). The van der Waals surface area contributed by atoms with Crippen LogP contribution in [0.5, 0.6) is 0 Å². The molecule has 2 fully saturated rings. The molecule has 0 aromatic heterocycles. The first-order chi connectivity index (χ1) is 13.8. The van der Waals surface area contributed by atoms with Gasteiger partial charge in [0, 0.05) is 6.04 Å². The third-order valence-corrected chi connectivity index (χ3v) is 5.16. The van der Waals surface area contributed by atoms with E-state index in [0.717, 1.165) is 30.2 Å². The van der Waals surface area contributed by atoms with Crippen LogP contribution in [0.4, 0.5) is 19.7 Å². The Labute approximate surface area is 166 Å². The highest BCUT2D eigenvalue weighted by Gasteiger charge is 2.49. The van der Waals surface area contributed by atoms with E-state index < -0.39 is 42.1 Å². The molecule has 2 aliphatic rings. The molecule has 0 radical (unpaired) electrons. The van der Waals surface area contributed by atoms with E-state index >= 15 is 0 Å². The van der Waals surface area contributed by atoms with Gasteiger partial charge >= 0.3 is 23.9 Å². The third kappa shape index (κ3) is 4.25. The molecule has 0 spiro atoms. The van der Waals surface area contributed by atoms with Gasteiger partial charge in [0.1, 0.15) is 12.4 Å². The average Bonchev–Trinajstić information content (AvgIpc) is 2.87. The van der Waals surface area contributed by atoms with Crippen molar-refractivity contribution in [1.29, 1.82) is 0 Å². The predicted molar refractivity (Wildman–Crippen MR) is 98.9 cm³/mol. The molecule has 29 heavy (non-hydrogen) atoms. The summed E-state index contributed by atoms with van der Waals surface area (Å²) in [5.74, 6) is -3.67. The number of hydrogen-bond acceptors (Lipinski definition) is 5. The minimum atomic E-state index is -1.10. The van der Waals surface area contributed by atoms with Crippen LogP contribution in [-0.2, 0) is 14.4 Å². The predicted octanol–water partition coefficient (Wildman–Crippen LogP) is 1.84. The number of carbonyl (C=O) groups excluding carboxylic acids is 5. The third-order valence-electron chi connectivity index (χ3n) is 5.16. The van der Waals surface area contributed by atoms with Gasteiger partial charge in [0.2, 0.25) is 5.91 Å². The van der Waals surface area contributed by atoms with Crippen LogP contribution in [0, 0.1) is 11.7 Å². The minimum Gasteiger partial charge on any atom is -0.305 e. The summed E-state index contributed by atoms with van der Waals surface area (Å²) in [6.07, 6.45) is 3.28. The molecule has 0 unspecified atom stereocenters. The van der Waals surface area contributed by atoms with Gasteiger partial charge in [0.25, 0.3) is 0 Å². The molecule has 7 amide bonds. The topological polar surface area (TPSA) is 116 Å². The van der Waals surface area contributed by atoms with Crippen LogP contribution in [0.1, 0.15) is 32.6 Å². The van der Waals surface area contributed by atoms with Gasteiger partial charge in [0.15, 0.2) is 0 Å². The number of nitrogens with zero attached hydrogens (tertiary/aromatic N) is 2. The molecule has 2 atom stereocenters. The molecular formula is C19H21FN4O5. The second-order valence-electron chi connectivity index (χ2n) is 7.16. The Balaban J connectivity index is 1.62. The lowest BCUT2D eigenvalue weighted by Gasteiger charge is -2.34. The molecule has 0 bridgehead atoms. The highest BCUT2D eigenvalue weighted by Crippen LogP contribution is 2.31. The zero-order chi connectivity index (χ0) is 21.1. The molecule has 1 aliphatic carbocycles. The number of amides is 7. The lowest BCUT2D eigenvalue weighted by molar-refractivity contribution is -0.145. The zero-order valence-electron chi connectivity index (χ0n) is 15.8. The Hall–Kier alpha value is -3.30. The van der Waals surface area contributed by atoms with Gasteiger partial charge in [-0.25, -0.2) is 18.9 Å². The van der Waals surface area contributed by atoms with Crippen molar-refractivity contribution >= 4 is 35.5 Å². The SMILES string of the molecule is C[C@H]1CCCC[C@H]1N1C(=O)C(=O)N(CC(=O)NC(=O)Nc2ccccc2F)C1=O. The molecule has 1 aromatic rings. The Morgan fingerprint density at radius 1 is 1.10 bits per heavy atom. The van der Waals surface area contributed by atoms with E-state index in [4.69, 9.17) is 0 Å². The number of nitrogens with one attached hydrogen (secondary N) is 2. The Bertz CT molecular complexity index is 874. The molecule has 1 heterocycles. The van der Waals surface area contributed by atoms with Crippen LogP contribution in [-0.4, -0.2) is 52.2 Å². The summed E-state index contributed by atoms with van der Waals surface area (Å²) in [6, 6.07) is 3.09. The van der Waals surface area contributed by atoms with Gasteiger partial charge in [-0.05, 0) is 30.9 Å². The minimum absolute atomic E-state index is 0.0600. The van der Waals surface area contributed by atoms with Crippen molar-refractivity contribution < 1.29 is 28.4 Å². The van der Waals surface area contributed by atoms with Crippen molar-refractivity contribution in [3.63, 3.8) is 0 Å². The highest BCUT2D eigenvalue weighted by molar-refractivity contribution is 6.45. The summed E-state index contributed by atoms with van der Waals surface area (Å²) < 4.78 is 13.5. The van der Waals surface area contributed by atoms with Crippen molar-refractivity contribution in [2.24, 2.45) is 5.92 Å². The first-order valence-electron chi connectivity index (χ1n) is 9.34. The molecule has 1 saturated carbocycles. The normalized spacial score (nSPS) is 22.1. The van der Waals surface area contributed by atoms with Gasteiger partial charge < -0.3 is 5.32 Å². The molecule has 9 nitrogen and oxygen atoms in total. The number of halogens is 1. The summed E-state index contributed by atoms with van der Waals surface area (Å²) in [5, 5.41) is 4.06. The largest absolute Gasteiger partial charge is 0.334 e. The van der Waals surface area contributed by atoms with E-state index in [1.54, 1.807) is 0 Å². The van der Waals surface area contributed by atoms with Crippen molar-refractivity contribution in [2.45, 2.75) is 38.6 Å². The van der Waals surface area contributed by atoms with Crippen LogP contribution in [0.25, 0.3) is 0 Å². The number of hydrogen-bond donors (Lipinski definition) is 2. The fraction of sp³-hybridized carbons (Fsp3) is 0.421. The van der Waals surface area contributed by atoms with E-state index in [1.165, 1.54) is 18.2 Å². The van der Waals surface area contributed by atoms with E-state index in [-0.39, 0.29) is 17.6 Å². The van der Waals surface area contributed by atoms with Crippen LogP contribution in [0.15, 0.2) is 24.3 Å². The number of benzene rings is 1. The molecule has 1 aliphatic heterocycles. The Kier molecular flexibility index (Phi) is 5.90. The number of urea groups is 2. The molecule has 1 aromatic carbocycles. The van der Waals surface area contributed by atoms with Crippen LogP contribution in [0.3, 0.4) is 0 Å². The number of anilines is 1. The Morgan fingerprint density at radius 3 is 2.48 bits per heavy atom. The van der Waals surface area contributed by atoms with Gasteiger partial charge in [-0.2, -0.15) is 0 Å². The average molecular weight is 404 g/mol. The van der Waals surface area contributed by atoms with Gasteiger partial charge in [-0.3, -0.25) is 24.6 Å². The quantitative estimate of drug-likeness (QED) is 0.587. The number of carbonyl (C=O) groups is 5. The van der Waals surface area contributed by atoms with Gasteiger partial charge in [-0.1, -0.05) is 31.9 Å². The first-order valence-corrected chi connectivity index (χ1v) is 9.34. The van der Waals surface area contributed by atoms with Crippen LogP contribution < -0.4 is 10.6 Å². The number of imide groups is 3. The zero-order valence-corrected chi connectivity index (χ0v) is 15.8. The van der Waals surface area contributed by atoms with Crippen molar-refractivity contribution in [2.75, 3.05) is 11.9 Å². The van der Waals surface area contributed by atoms with Crippen molar-refractivity contribution in [1.82, 2.24) is 15.1 Å². The molecular weight excluding hydrogens is 383 g/mol. The molecule has 1 saturated heterocycles. The first kappa shape index (κ1) is 20.4. The summed E-state index contributed by atoms with van der Waals surface area (Å²) in [4.78, 5) is 62.5. The summed E-state index contributed by atoms with van der Waals surface area (Å²) >= 11 is 0. The lowest BCUT2D eigenvalue weighted by atomic mass is 9.85. The number of rotatable bonds is 4. The van der Waals surface area contributed by atoms with Crippen molar-refractivity contribution in [3.8, 4) is 0 Å². The van der Waals surface area contributed by atoms with E-state index in [2.05, 4.69) is 5.32 Å². The van der Waals surface area contributed by atoms with Gasteiger partial charge in [-0.15, -0.1) is 0 Å². The van der Waals surface area contributed by atoms with E-state index in [0.29, 0.717) is 11.3 Å². The molecule has 154 valence electrons. The fourth-order valence-corrected chi connectivity index (χ4v) is 3.66. The maximum Gasteiger partial charge on any atom is 0.334 e. The van der Waals surface area contributed by atoms with E-state index in [9.17, 15) is 28.4 Å². The summed E-state index contributed by atoms with van der Waals surface area (Å²) in [5.41, 5.74) is -0.140. The second-order valence-corrected chi connectivity index (χ2v) is 7.16. The highest BCUT2D eigenvalue weighted by atomic mass is 19.1. The monoisotopic (exact) mass is 404 g/mol. The van der Waals surface area contributed by atoms with Gasteiger partial charge in [0.05, 0.1) is 5.69 Å². The maximum absolute atomic E-state index is 13.5. The van der Waals surface area contributed by atoms with E-state index in [1.807, 2.05) is 12.2 Å². The summed E-state index contributed by atoms with van der Waals surface area (Å²) in [6.45, 7) is 1.13. The van der Waals surface area contributed by atoms with Crippen LogP contribution in [0.2, 0.25) is 0 Å². The van der Waals surface area contributed by atoms with Crippen molar-refractivity contribution in [3.05, 3.63) is 30.1 Å². The maximum atomic E-state index is 13.5.